The molecule has 6 nitrogen and oxygen atoms in total. The number of nitrogens with zero attached hydrogens (tertiary/aromatic N) is 2. The van der Waals surface area contributed by atoms with Gasteiger partial charge in [-0.15, -0.1) is 0 Å². The van der Waals surface area contributed by atoms with Crippen LogP contribution in [0.5, 0.6) is 0 Å². The average Bonchev–Trinajstić information content (AvgIpc) is 2.73. The Kier molecular flexibility index (Phi) is 7.05. The first-order valence-electron chi connectivity index (χ1n) is 10.2. The summed E-state index contributed by atoms with van der Waals surface area (Å²) in [6.07, 6.45) is 4.19. The highest BCUT2D eigenvalue weighted by Gasteiger charge is 2.21. The van der Waals surface area contributed by atoms with E-state index < -0.39 is 10.0 Å². The minimum absolute atomic E-state index is 0.221. The summed E-state index contributed by atoms with van der Waals surface area (Å²) in [6, 6.07) is 13.7. The molecule has 0 saturated heterocycles. The molecule has 2 aromatic rings. The molecule has 0 bridgehead atoms. The van der Waals surface area contributed by atoms with Gasteiger partial charge in [-0.3, -0.25) is 4.79 Å². The zero-order valence-corrected chi connectivity index (χ0v) is 18.6. The largest absolute Gasteiger partial charge is 0.271 e. The molecule has 7 heteroatoms. The molecule has 1 amide bonds. The Morgan fingerprint density at radius 2 is 1.80 bits per heavy atom. The Balaban J connectivity index is 1.61. The topological polar surface area (TPSA) is 78.8 Å². The van der Waals surface area contributed by atoms with E-state index in [0.717, 1.165) is 36.1 Å². The fourth-order valence-electron chi connectivity index (χ4n) is 3.55. The Labute approximate surface area is 179 Å². The molecular weight excluding hydrogens is 398 g/mol. The second-order valence-corrected chi connectivity index (χ2v) is 10.1. The number of hydrazone groups is 1. The van der Waals surface area contributed by atoms with Gasteiger partial charge in [-0.2, -0.15) is 9.41 Å². The van der Waals surface area contributed by atoms with E-state index in [1.807, 2.05) is 6.92 Å². The molecule has 0 aromatic heterocycles. The normalized spacial score (nSPS) is 18.5. The summed E-state index contributed by atoms with van der Waals surface area (Å²) in [5, 5.41) is 4.28. The smallest absolute Gasteiger partial charge is 0.267 e. The minimum atomic E-state index is -3.57. The van der Waals surface area contributed by atoms with E-state index in [-0.39, 0.29) is 17.3 Å². The van der Waals surface area contributed by atoms with E-state index in [4.69, 9.17) is 0 Å². The molecular formula is C23H29N3O3S. The first-order valence-corrected chi connectivity index (χ1v) is 11.7. The summed E-state index contributed by atoms with van der Waals surface area (Å²) in [4.78, 5) is 12.6. The maximum atomic E-state index is 12.7. The molecule has 0 radical (unpaired) electrons. The number of aryl methyl sites for hydroxylation is 1. The molecule has 1 unspecified atom stereocenters. The number of carbonyl (C=O) groups excluding carboxylic acids is 1. The summed E-state index contributed by atoms with van der Waals surface area (Å²) in [6.45, 7) is 4.34. The third-order valence-corrected chi connectivity index (χ3v) is 7.23. The Morgan fingerprint density at radius 1 is 1.13 bits per heavy atom. The molecule has 0 aliphatic heterocycles. The van der Waals surface area contributed by atoms with Crippen LogP contribution in [0.15, 0.2) is 58.5 Å². The number of hydrogen-bond donors (Lipinski definition) is 1. The van der Waals surface area contributed by atoms with Gasteiger partial charge in [0, 0.05) is 24.9 Å². The first-order chi connectivity index (χ1) is 14.3. The third-order valence-electron chi connectivity index (χ3n) is 5.41. The summed E-state index contributed by atoms with van der Waals surface area (Å²) in [7, 11) is -2.02. The summed E-state index contributed by atoms with van der Waals surface area (Å²) < 4.78 is 26.8. The van der Waals surface area contributed by atoms with E-state index in [0.29, 0.717) is 11.5 Å². The zero-order valence-electron chi connectivity index (χ0n) is 17.8. The predicted molar refractivity (Wildman–Crippen MR) is 119 cm³/mol. The lowest BCUT2D eigenvalue weighted by Crippen LogP contribution is -2.26. The van der Waals surface area contributed by atoms with E-state index in [2.05, 4.69) is 17.5 Å². The van der Waals surface area contributed by atoms with Gasteiger partial charge in [-0.1, -0.05) is 36.8 Å². The molecule has 30 heavy (non-hydrogen) atoms. The van der Waals surface area contributed by atoms with Gasteiger partial charge < -0.3 is 0 Å². The van der Waals surface area contributed by atoms with Crippen LogP contribution in [0.25, 0.3) is 0 Å². The highest BCUT2D eigenvalue weighted by molar-refractivity contribution is 7.89. The molecule has 2 aromatic carbocycles. The van der Waals surface area contributed by atoms with Crippen LogP contribution in [-0.2, 0) is 16.6 Å². The van der Waals surface area contributed by atoms with Gasteiger partial charge in [0.25, 0.3) is 5.91 Å². The molecule has 1 N–H and O–H groups in total. The van der Waals surface area contributed by atoms with Crippen LogP contribution >= 0.6 is 0 Å². The molecule has 1 atom stereocenters. The van der Waals surface area contributed by atoms with Crippen molar-refractivity contribution in [2.75, 3.05) is 7.05 Å². The SMILES string of the molecule is Cc1ccc(S(=O)(=O)N(C)Cc2ccc(C(=O)NN=C3CCCC(C)C3)cc2)cc1. The highest BCUT2D eigenvalue weighted by atomic mass is 32.2. The van der Waals surface area contributed by atoms with Crippen LogP contribution in [0, 0.1) is 12.8 Å². The third kappa shape index (κ3) is 5.55. The Morgan fingerprint density at radius 3 is 2.43 bits per heavy atom. The number of amides is 1. The van der Waals surface area contributed by atoms with Gasteiger partial charge >= 0.3 is 0 Å². The zero-order chi connectivity index (χ0) is 21.7. The number of rotatable bonds is 6. The second kappa shape index (κ2) is 9.53. The van der Waals surface area contributed by atoms with Crippen molar-refractivity contribution < 1.29 is 13.2 Å². The minimum Gasteiger partial charge on any atom is -0.267 e. The summed E-state index contributed by atoms with van der Waals surface area (Å²) in [5.41, 5.74) is 5.99. The maximum Gasteiger partial charge on any atom is 0.271 e. The van der Waals surface area contributed by atoms with Crippen LogP contribution in [0.2, 0.25) is 0 Å². The van der Waals surface area contributed by atoms with Crippen molar-refractivity contribution >= 4 is 21.6 Å². The molecule has 0 spiro atoms. The lowest BCUT2D eigenvalue weighted by atomic mass is 9.89. The van der Waals surface area contributed by atoms with Crippen molar-refractivity contribution in [3.8, 4) is 0 Å². The van der Waals surface area contributed by atoms with E-state index in [1.165, 1.54) is 10.7 Å². The fraction of sp³-hybridized carbons (Fsp3) is 0.391. The number of benzene rings is 2. The lowest BCUT2D eigenvalue weighted by Gasteiger charge is -2.19. The number of sulfonamides is 1. The second-order valence-electron chi connectivity index (χ2n) is 8.09. The van der Waals surface area contributed by atoms with Gasteiger partial charge in [0.1, 0.15) is 0 Å². The van der Waals surface area contributed by atoms with Crippen LogP contribution in [0.1, 0.15) is 54.1 Å². The van der Waals surface area contributed by atoms with Gasteiger partial charge in [0.15, 0.2) is 0 Å². The van der Waals surface area contributed by atoms with Crippen molar-refractivity contribution in [1.29, 1.82) is 0 Å². The maximum absolute atomic E-state index is 12.7. The van der Waals surface area contributed by atoms with Crippen LogP contribution in [0.4, 0.5) is 0 Å². The molecule has 0 heterocycles. The molecule has 3 rings (SSSR count). The van der Waals surface area contributed by atoms with Crippen molar-refractivity contribution in [3.63, 3.8) is 0 Å². The van der Waals surface area contributed by atoms with Gasteiger partial charge in [-0.25, -0.2) is 13.8 Å². The predicted octanol–water partition coefficient (Wildman–Crippen LogP) is 4.11. The summed E-state index contributed by atoms with van der Waals surface area (Å²) in [5.74, 6) is 0.356. The first kappa shape index (κ1) is 22.2. The van der Waals surface area contributed by atoms with Crippen molar-refractivity contribution in [3.05, 3.63) is 65.2 Å². The van der Waals surface area contributed by atoms with Crippen molar-refractivity contribution in [2.24, 2.45) is 11.0 Å². The van der Waals surface area contributed by atoms with Gasteiger partial charge in [0.2, 0.25) is 10.0 Å². The molecule has 1 fully saturated rings. The molecule has 160 valence electrons. The van der Waals surface area contributed by atoms with Crippen LogP contribution in [-0.4, -0.2) is 31.4 Å². The monoisotopic (exact) mass is 427 g/mol. The Hall–Kier alpha value is -2.51. The fourth-order valence-corrected chi connectivity index (χ4v) is 4.71. The molecule has 1 saturated carbocycles. The highest BCUT2D eigenvalue weighted by Crippen LogP contribution is 2.21. The number of carbonyl (C=O) groups is 1. The number of hydrogen-bond acceptors (Lipinski definition) is 4. The van der Waals surface area contributed by atoms with Crippen LogP contribution < -0.4 is 5.43 Å². The van der Waals surface area contributed by atoms with E-state index >= 15 is 0 Å². The average molecular weight is 428 g/mol. The molecule has 1 aliphatic rings. The molecule has 1 aliphatic carbocycles. The van der Waals surface area contributed by atoms with Crippen LogP contribution in [0.3, 0.4) is 0 Å². The Bertz CT molecular complexity index is 1010. The van der Waals surface area contributed by atoms with E-state index in [1.54, 1.807) is 55.6 Å². The van der Waals surface area contributed by atoms with E-state index in [9.17, 15) is 13.2 Å². The van der Waals surface area contributed by atoms with Gasteiger partial charge in [-0.05, 0) is 68.4 Å². The quantitative estimate of drug-likeness (QED) is 0.705. The van der Waals surface area contributed by atoms with Gasteiger partial charge in [0.05, 0.1) is 4.90 Å². The summed E-state index contributed by atoms with van der Waals surface area (Å²) >= 11 is 0. The standard InChI is InChI=1S/C23H29N3O3S/c1-17-7-13-22(14-8-17)30(28,29)26(3)16-19-9-11-20(12-10-19)23(27)25-24-21-6-4-5-18(2)15-21/h7-14,18H,4-6,15-16H2,1-3H3,(H,25,27). The number of nitrogens with one attached hydrogen (secondary N) is 1. The lowest BCUT2D eigenvalue weighted by molar-refractivity contribution is 0.0954. The van der Waals surface area contributed by atoms with Crippen molar-refractivity contribution in [2.45, 2.75) is 51.0 Å². The van der Waals surface area contributed by atoms with Crippen molar-refractivity contribution in [1.82, 2.24) is 9.73 Å².